The van der Waals surface area contributed by atoms with Crippen molar-refractivity contribution in [3.05, 3.63) is 82.4 Å². The van der Waals surface area contributed by atoms with Crippen LogP contribution in [-0.4, -0.2) is 18.9 Å². The van der Waals surface area contributed by atoms with E-state index in [1.807, 2.05) is 18.2 Å². The molecule has 2 fully saturated rings. The molecule has 6 atom stereocenters. The van der Waals surface area contributed by atoms with Crippen LogP contribution in [-0.2, 0) is 4.74 Å². The lowest BCUT2D eigenvalue weighted by molar-refractivity contribution is -0.993. The standard InChI is InChI=1S/C26H31Cl2NO/c1-5-13-26(4)15-22(19-7-6-8-21(28)14-19)24(18-9-11-20(27)12-10-18)29-23(17(2)3)16-30-25(26)29/h5-12,14,17,22-25H,1,13,15-16H2,2-4H3/p+1/t22-,23-,24?,25?,26+/m1/s1. The van der Waals surface area contributed by atoms with Gasteiger partial charge in [-0.1, -0.05) is 74.3 Å². The Morgan fingerprint density at radius 3 is 2.50 bits per heavy atom. The van der Waals surface area contributed by atoms with Crippen LogP contribution in [0.3, 0.4) is 0 Å². The van der Waals surface area contributed by atoms with Crippen molar-refractivity contribution in [2.45, 2.75) is 57.8 Å². The zero-order valence-electron chi connectivity index (χ0n) is 18.1. The maximum Gasteiger partial charge on any atom is 0.198 e. The van der Waals surface area contributed by atoms with Crippen molar-refractivity contribution < 1.29 is 9.64 Å². The van der Waals surface area contributed by atoms with E-state index in [1.165, 1.54) is 11.1 Å². The minimum Gasteiger partial charge on any atom is -0.323 e. The van der Waals surface area contributed by atoms with Crippen LogP contribution in [0.5, 0.6) is 0 Å². The highest BCUT2D eigenvalue weighted by atomic mass is 35.5. The van der Waals surface area contributed by atoms with Gasteiger partial charge in [0, 0.05) is 27.4 Å². The number of benzene rings is 2. The lowest BCUT2D eigenvalue weighted by atomic mass is 9.66. The molecule has 0 amide bonds. The highest BCUT2D eigenvalue weighted by Crippen LogP contribution is 2.48. The van der Waals surface area contributed by atoms with E-state index in [4.69, 9.17) is 27.9 Å². The Balaban J connectivity index is 1.88. The molecule has 0 bridgehead atoms. The molecule has 2 nitrogen and oxygen atoms in total. The molecule has 0 aromatic heterocycles. The van der Waals surface area contributed by atoms with E-state index in [1.54, 1.807) is 4.90 Å². The van der Waals surface area contributed by atoms with E-state index in [9.17, 15) is 0 Å². The Morgan fingerprint density at radius 1 is 1.13 bits per heavy atom. The molecule has 4 heteroatoms. The highest BCUT2D eigenvalue weighted by Gasteiger charge is 2.59. The third-order valence-electron chi connectivity index (χ3n) is 7.18. The second-order valence-electron chi connectivity index (χ2n) is 9.61. The van der Waals surface area contributed by atoms with Crippen LogP contribution in [0, 0.1) is 11.3 Å². The number of hydrogen-bond acceptors (Lipinski definition) is 1. The molecule has 2 aromatic carbocycles. The van der Waals surface area contributed by atoms with E-state index in [0.717, 1.165) is 29.5 Å². The van der Waals surface area contributed by atoms with E-state index in [0.29, 0.717) is 23.9 Å². The van der Waals surface area contributed by atoms with Gasteiger partial charge in [0.15, 0.2) is 6.23 Å². The number of fused-ring (bicyclic) bond motifs is 1. The number of nitrogens with one attached hydrogen (secondary N) is 1. The molecule has 2 aromatic rings. The van der Waals surface area contributed by atoms with Crippen LogP contribution in [0.2, 0.25) is 10.0 Å². The average Bonchev–Trinajstić information content (AvgIpc) is 3.15. The summed E-state index contributed by atoms with van der Waals surface area (Å²) in [6.07, 6.45) is 4.18. The largest absolute Gasteiger partial charge is 0.323 e. The average molecular weight is 445 g/mol. The first-order chi connectivity index (χ1) is 14.3. The molecule has 30 heavy (non-hydrogen) atoms. The summed E-state index contributed by atoms with van der Waals surface area (Å²) in [6, 6.07) is 17.6. The maximum atomic E-state index is 6.55. The van der Waals surface area contributed by atoms with E-state index in [-0.39, 0.29) is 11.6 Å². The minimum absolute atomic E-state index is 0.0244. The first-order valence-electron chi connectivity index (χ1n) is 10.9. The van der Waals surface area contributed by atoms with Gasteiger partial charge in [0.05, 0.1) is 5.41 Å². The van der Waals surface area contributed by atoms with E-state index in [2.05, 4.69) is 63.8 Å². The van der Waals surface area contributed by atoms with Crippen molar-refractivity contribution in [2.75, 3.05) is 6.61 Å². The quantitative estimate of drug-likeness (QED) is 0.552. The van der Waals surface area contributed by atoms with Crippen LogP contribution in [0.1, 0.15) is 56.7 Å². The van der Waals surface area contributed by atoms with Gasteiger partial charge in [-0.15, -0.1) is 6.58 Å². The highest BCUT2D eigenvalue weighted by molar-refractivity contribution is 6.30. The molecule has 0 saturated carbocycles. The molecular weight excluding hydrogens is 413 g/mol. The third-order valence-corrected chi connectivity index (χ3v) is 7.66. The first-order valence-corrected chi connectivity index (χ1v) is 11.7. The Morgan fingerprint density at radius 2 is 1.87 bits per heavy atom. The van der Waals surface area contributed by atoms with Gasteiger partial charge in [-0.25, -0.2) is 0 Å². The van der Waals surface area contributed by atoms with Gasteiger partial charge in [0.25, 0.3) is 0 Å². The topological polar surface area (TPSA) is 13.7 Å². The number of ether oxygens (including phenoxy) is 1. The van der Waals surface area contributed by atoms with Crippen LogP contribution >= 0.6 is 23.2 Å². The normalized spacial score (nSPS) is 33.5. The van der Waals surface area contributed by atoms with Crippen molar-refractivity contribution in [1.29, 1.82) is 0 Å². The van der Waals surface area contributed by atoms with Crippen LogP contribution in [0.25, 0.3) is 0 Å². The third kappa shape index (κ3) is 3.96. The van der Waals surface area contributed by atoms with Gasteiger partial charge < -0.3 is 4.74 Å². The molecule has 0 spiro atoms. The Bertz CT molecular complexity index is 896. The molecule has 2 aliphatic heterocycles. The van der Waals surface area contributed by atoms with Crippen molar-refractivity contribution in [2.24, 2.45) is 11.3 Å². The molecule has 3 unspecified atom stereocenters. The van der Waals surface area contributed by atoms with Crippen LogP contribution < -0.4 is 4.90 Å². The zero-order valence-corrected chi connectivity index (χ0v) is 19.6. The smallest absolute Gasteiger partial charge is 0.198 e. The van der Waals surface area contributed by atoms with E-state index >= 15 is 0 Å². The second kappa shape index (κ2) is 8.67. The van der Waals surface area contributed by atoms with Gasteiger partial charge in [0.1, 0.15) is 18.7 Å². The fraction of sp³-hybridized carbons (Fsp3) is 0.462. The first kappa shape index (κ1) is 21.9. The van der Waals surface area contributed by atoms with Gasteiger partial charge in [-0.2, -0.15) is 0 Å². The van der Waals surface area contributed by atoms with Gasteiger partial charge in [-0.3, -0.25) is 4.90 Å². The van der Waals surface area contributed by atoms with Crippen molar-refractivity contribution in [3.63, 3.8) is 0 Å². The summed E-state index contributed by atoms with van der Waals surface area (Å²) in [6.45, 7) is 11.9. The minimum atomic E-state index is 0.0244. The molecular formula is C26H32Cl2NO+. The SMILES string of the molecule is C=CC[C@@]1(C)C[C@H](c2cccc(Cl)c2)C(c2ccc(Cl)cc2)[NH+]2C1OC[C@@H]2C(C)C. The fourth-order valence-electron chi connectivity index (χ4n) is 5.78. The summed E-state index contributed by atoms with van der Waals surface area (Å²) >= 11 is 12.7. The fourth-order valence-corrected chi connectivity index (χ4v) is 6.11. The zero-order chi connectivity index (χ0) is 21.5. The number of rotatable bonds is 5. The number of allylic oxidation sites excluding steroid dienone is 1. The molecule has 2 heterocycles. The predicted octanol–water partition coefficient (Wildman–Crippen LogP) is 6.07. The van der Waals surface area contributed by atoms with Crippen molar-refractivity contribution >= 4 is 23.2 Å². The number of halogens is 2. The number of hydrogen-bond donors (Lipinski definition) is 1. The lowest BCUT2D eigenvalue weighted by Crippen LogP contribution is -3.20. The molecule has 4 rings (SSSR count). The van der Waals surface area contributed by atoms with Crippen LogP contribution in [0.4, 0.5) is 0 Å². The molecule has 0 aliphatic carbocycles. The Hall–Kier alpha value is -1.32. The van der Waals surface area contributed by atoms with Gasteiger partial charge >= 0.3 is 0 Å². The summed E-state index contributed by atoms with van der Waals surface area (Å²) in [7, 11) is 0. The summed E-state index contributed by atoms with van der Waals surface area (Å²) < 4.78 is 6.55. The molecule has 160 valence electrons. The van der Waals surface area contributed by atoms with Crippen molar-refractivity contribution in [3.8, 4) is 0 Å². The summed E-state index contributed by atoms with van der Waals surface area (Å²) in [4.78, 5) is 1.55. The Kier molecular flexibility index (Phi) is 6.33. The number of piperidine rings is 1. The second-order valence-corrected chi connectivity index (χ2v) is 10.5. The van der Waals surface area contributed by atoms with E-state index < -0.39 is 0 Å². The van der Waals surface area contributed by atoms with Crippen molar-refractivity contribution in [1.82, 2.24) is 0 Å². The monoisotopic (exact) mass is 444 g/mol. The summed E-state index contributed by atoms with van der Waals surface area (Å²) in [5, 5.41) is 1.57. The molecule has 1 N–H and O–H groups in total. The van der Waals surface area contributed by atoms with Crippen LogP contribution in [0.15, 0.2) is 61.2 Å². The maximum absolute atomic E-state index is 6.55. The molecule has 0 radical (unpaired) electrons. The van der Waals surface area contributed by atoms with Gasteiger partial charge in [-0.05, 0) is 42.7 Å². The van der Waals surface area contributed by atoms with Gasteiger partial charge in [0.2, 0.25) is 0 Å². The molecule has 2 saturated heterocycles. The summed E-state index contributed by atoms with van der Waals surface area (Å²) in [5.41, 5.74) is 2.65. The summed E-state index contributed by atoms with van der Waals surface area (Å²) in [5.74, 6) is 0.870. The number of quaternary nitrogens is 1. The predicted molar refractivity (Wildman–Crippen MR) is 125 cm³/mol. The molecule has 2 aliphatic rings. The Labute approximate surface area is 190 Å². The lowest BCUT2D eigenvalue weighted by Gasteiger charge is -2.50.